The molecular formula is C8H12F2O. The highest BCUT2D eigenvalue weighted by atomic mass is 19.2. The van der Waals surface area contributed by atoms with Crippen molar-refractivity contribution in [2.75, 3.05) is 0 Å². The van der Waals surface area contributed by atoms with Crippen LogP contribution in [0.3, 0.4) is 0 Å². The zero-order chi connectivity index (χ0) is 8.27. The van der Waals surface area contributed by atoms with Gasteiger partial charge >= 0.3 is 0 Å². The van der Waals surface area contributed by atoms with Crippen molar-refractivity contribution < 1.29 is 13.5 Å². The predicted octanol–water partition coefficient (Wildman–Crippen LogP) is 2.38. The predicted molar refractivity (Wildman–Crippen MR) is 38.7 cm³/mol. The second-order valence-electron chi connectivity index (χ2n) is 2.73. The molecule has 0 amide bonds. The molecule has 1 nitrogen and oxygen atoms in total. The zero-order valence-electron chi connectivity index (χ0n) is 6.30. The van der Waals surface area contributed by atoms with E-state index in [0.717, 1.165) is 0 Å². The monoisotopic (exact) mass is 162 g/mol. The standard InChI is InChI=1S/C8H12F2O/c1-2-11-7-5-3-4-6(9)8(7)10/h2,6-8H,1,3-5H2. The van der Waals surface area contributed by atoms with Crippen LogP contribution in [-0.2, 0) is 4.74 Å². The zero-order valence-corrected chi connectivity index (χ0v) is 6.30. The lowest BCUT2D eigenvalue weighted by Gasteiger charge is -2.27. The highest BCUT2D eigenvalue weighted by molar-refractivity contribution is 4.83. The quantitative estimate of drug-likeness (QED) is 0.566. The minimum Gasteiger partial charge on any atom is -0.495 e. The fourth-order valence-electron chi connectivity index (χ4n) is 1.33. The van der Waals surface area contributed by atoms with Crippen LogP contribution in [0.2, 0.25) is 0 Å². The second-order valence-corrected chi connectivity index (χ2v) is 2.73. The van der Waals surface area contributed by atoms with E-state index < -0.39 is 18.4 Å². The van der Waals surface area contributed by atoms with Crippen molar-refractivity contribution in [3.05, 3.63) is 12.8 Å². The largest absolute Gasteiger partial charge is 0.495 e. The van der Waals surface area contributed by atoms with Crippen molar-refractivity contribution in [3.8, 4) is 0 Å². The molecule has 3 heteroatoms. The molecule has 64 valence electrons. The maximum atomic E-state index is 12.9. The van der Waals surface area contributed by atoms with E-state index in [1.165, 1.54) is 6.26 Å². The minimum absolute atomic E-state index is 0.318. The number of rotatable bonds is 2. The Bertz CT molecular complexity index is 138. The summed E-state index contributed by atoms with van der Waals surface area (Å²) in [7, 11) is 0. The first-order valence-electron chi connectivity index (χ1n) is 3.80. The molecule has 0 spiro atoms. The molecule has 1 fully saturated rings. The fraction of sp³-hybridized carbons (Fsp3) is 0.750. The van der Waals surface area contributed by atoms with Gasteiger partial charge in [0.05, 0.1) is 6.26 Å². The Morgan fingerprint density at radius 1 is 1.36 bits per heavy atom. The van der Waals surface area contributed by atoms with Crippen molar-refractivity contribution in [3.63, 3.8) is 0 Å². The molecule has 1 saturated carbocycles. The van der Waals surface area contributed by atoms with E-state index in [1.54, 1.807) is 0 Å². The Hall–Kier alpha value is -0.600. The van der Waals surface area contributed by atoms with Crippen molar-refractivity contribution in [1.82, 2.24) is 0 Å². The average molecular weight is 162 g/mol. The maximum absolute atomic E-state index is 12.9. The number of halogens is 2. The van der Waals surface area contributed by atoms with Crippen LogP contribution in [0.1, 0.15) is 19.3 Å². The topological polar surface area (TPSA) is 9.23 Å². The maximum Gasteiger partial charge on any atom is 0.168 e. The van der Waals surface area contributed by atoms with Crippen LogP contribution in [0, 0.1) is 0 Å². The van der Waals surface area contributed by atoms with E-state index in [2.05, 4.69) is 6.58 Å². The van der Waals surface area contributed by atoms with Crippen LogP contribution in [0.15, 0.2) is 12.8 Å². The molecule has 0 bridgehead atoms. The van der Waals surface area contributed by atoms with Gasteiger partial charge in [-0.25, -0.2) is 8.78 Å². The van der Waals surface area contributed by atoms with Crippen LogP contribution in [0.25, 0.3) is 0 Å². The Morgan fingerprint density at radius 3 is 2.73 bits per heavy atom. The summed E-state index contributed by atoms with van der Waals surface area (Å²) in [5.74, 6) is 0. The van der Waals surface area contributed by atoms with E-state index in [1.807, 2.05) is 0 Å². The lowest BCUT2D eigenvalue weighted by atomic mass is 9.94. The molecule has 3 atom stereocenters. The number of hydrogen-bond acceptors (Lipinski definition) is 1. The van der Waals surface area contributed by atoms with Gasteiger partial charge in [-0.1, -0.05) is 6.58 Å². The second kappa shape index (κ2) is 3.69. The van der Waals surface area contributed by atoms with Crippen LogP contribution in [0.4, 0.5) is 8.78 Å². The first kappa shape index (κ1) is 8.50. The van der Waals surface area contributed by atoms with Gasteiger partial charge in [-0.05, 0) is 19.3 Å². The summed E-state index contributed by atoms with van der Waals surface area (Å²) in [5, 5.41) is 0. The molecule has 0 heterocycles. The molecule has 0 radical (unpaired) electrons. The summed E-state index contributed by atoms with van der Waals surface area (Å²) in [4.78, 5) is 0. The Labute approximate surface area is 65.0 Å². The van der Waals surface area contributed by atoms with Gasteiger partial charge in [0, 0.05) is 0 Å². The third-order valence-corrected chi connectivity index (χ3v) is 1.94. The minimum atomic E-state index is -1.47. The molecule has 0 N–H and O–H groups in total. The Kier molecular flexibility index (Phi) is 2.85. The highest BCUT2D eigenvalue weighted by Crippen LogP contribution is 2.26. The molecule has 0 aromatic carbocycles. The van der Waals surface area contributed by atoms with Crippen molar-refractivity contribution >= 4 is 0 Å². The van der Waals surface area contributed by atoms with Crippen molar-refractivity contribution in [2.45, 2.75) is 37.7 Å². The van der Waals surface area contributed by atoms with Crippen LogP contribution in [0.5, 0.6) is 0 Å². The SMILES string of the molecule is C=COC1CCCC(F)C1F. The smallest absolute Gasteiger partial charge is 0.168 e. The van der Waals surface area contributed by atoms with Gasteiger partial charge in [-0.3, -0.25) is 0 Å². The van der Waals surface area contributed by atoms with Gasteiger partial charge < -0.3 is 4.74 Å². The van der Waals surface area contributed by atoms with Crippen LogP contribution >= 0.6 is 0 Å². The van der Waals surface area contributed by atoms with Crippen molar-refractivity contribution in [2.24, 2.45) is 0 Å². The number of ether oxygens (including phenoxy) is 1. The number of hydrogen-bond donors (Lipinski definition) is 0. The summed E-state index contributed by atoms with van der Waals surface area (Å²) in [6.45, 7) is 3.30. The third-order valence-electron chi connectivity index (χ3n) is 1.94. The molecule has 0 saturated heterocycles. The normalized spacial score (nSPS) is 38.2. The first-order valence-corrected chi connectivity index (χ1v) is 3.80. The van der Waals surface area contributed by atoms with Gasteiger partial charge in [0.1, 0.15) is 12.3 Å². The first-order chi connectivity index (χ1) is 5.25. The lowest BCUT2D eigenvalue weighted by molar-refractivity contribution is -0.0147. The molecule has 3 unspecified atom stereocenters. The van der Waals surface area contributed by atoms with Crippen LogP contribution < -0.4 is 0 Å². The van der Waals surface area contributed by atoms with Gasteiger partial charge in [-0.2, -0.15) is 0 Å². The summed E-state index contributed by atoms with van der Waals surface area (Å²) >= 11 is 0. The highest BCUT2D eigenvalue weighted by Gasteiger charge is 2.34. The van der Waals surface area contributed by atoms with Gasteiger partial charge in [-0.15, -0.1) is 0 Å². The average Bonchev–Trinajstić information content (AvgIpc) is 1.99. The third kappa shape index (κ3) is 1.91. The van der Waals surface area contributed by atoms with Crippen LogP contribution in [-0.4, -0.2) is 18.4 Å². The number of alkyl halides is 2. The van der Waals surface area contributed by atoms with Crippen molar-refractivity contribution in [1.29, 1.82) is 0 Å². The van der Waals surface area contributed by atoms with E-state index in [4.69, 9.17) is 4.74 Å². The molecule has 1 aliphatic carbocycles. The summed E-state index contributed by atoms with van der Waals surface area (Å²) in [6.07, 6.45) is -0.659. The Morgan fingerprint density at radius 2 is 2.09 bits per heavy atom. The van der Waals surface area contributed by atoms with E-state index in [9.17, 15) is 8.78 Å². The van der Waals surface area contributed by atoms with Gasteiger partial charge in [0.15, 0.2) is 6.17 Å². The van der Waals surface area contributed by atoms with Gasteiger partial charge in [0.2, 0.25) is 0 Å². The van der Waals surface area contributed by atoms with E-state index in [-0.39, 0.29) is 0 Å². The van der Waals surface area contributed by atoms with E-state index >= 15 is 0 Å². The molecular weight excluding hydrogens is 150 g/mol. The molecule has 0 aliphatic heterocycles. The molecule has 0 aromatic rings. The summed E-state index contributed by atoms with van der Waals surface area (Å²) in [6, 6.07) is 0. The van der Waals surface area contributed by atoms with E-state index in [0.29, 0.717) is 19.3 Å². The summed E-state index contributed by atoms with van der Waals surface area (Å²) in [5.41, 5.74) is 0. The molecule has 1 aliphatic rings. The van der Waals surface area contributed by atoms with Gasteiger partial charge in [0.25, 0.3) is 0 Å². The molecule has 11 heavy (non-hydrogen) atoms. The fourth-order valence-corrected chi connectivity index (χ4v) is 1.33. The lowest BCUT2D eigenvalue weighted by Crippen LogP contribution is -2.36. The summed E-state index contributed by atoms with van der Waals surface area (Å²) < 4.78 is 30.4. The molecule has 1 rings (SSSR count). The molecule has 0 aromatic heterocycles. The Balaban J connectivity index is 2.43.